The molecule has 0 aliphatic carbocycles. The number of nitrogens with one attached hydrogen (secondary N) is 1. The predicted octanol–water partition coefficient (Wildman–Crippen LogP) is 5.01. The van der Waals surface area contributed by atoms with Crippen molar-refractivity contribution < 1.29 is 9.47 Å². The molecule has 7 heteroatoms. The van der Waals surface area contributed by atoms with Crippen molar-refractivity contribution in [1.29, 1.82) is 0 Å². The Morgan fingerprint density at radius 2 is 1.97 bits per heavy atom. The van der Waals surface area contributed by atoms with Gasteiger partial charge in [0.25, 0.3) is 5.56 Å². The maximum absolute atomic E-state index is 12.8. The fourth-order valence-electron chi connectivity index (χ4n) is 4.45. The highest BCUT2D eigenvalue weighted by atomic mass is 32.1. The van der Waals surface area contributed by atoms with Crippen LogP contribution >= 0.6 is 11.3 Å². The van der Waals surface area contributed by atoms with Crippen molar-refractivity contribution in [3.8, 4) is 21.9 Å². The largest absolute Gasteiger partial charge is 0.497 e. The maximum atomic E-state index is 12.8. The van der Waals surface area contributed by atoms with Gasteiger partial charge in [0.2, 0.25) is 0 Å². The van der Waals surface area contributed by atoms with Gasteiger partial charge in [-0.3, -0.25) is 9.69 Å². The predicted molar refractivity (Wildman–Crippen MR) is 128 cm³/mol. The van der Waals surface area contributed by atoms with Crippen LogP contribution in [0.15, 0.2) is 59.4 Å². The fraction of sp³-hybridized carbons (Fsp3) is 0.280. The van der Waals surface area contributed by atoms with Crippen LogP contribution in [-0.4, -0.2) is 35.6 Å². The Labute approximate surface area is 190 Å². The lowest BCUT2D eigenvalue weighted by Gasteiger charge is -2.25. The molecule has 32 heavy (non-hydrogen) atoms. The average molecular weight is 448 g/mol. The third-order valence-corrected chi connectivity index (χ3v) is 7.10. The van der Waals surface area contributed by atoms with Crippen LogP contribution in [0, 0.1) is 0 Å². The molecule has 3 heterocycles. The fourth-order valence-corrected chi connectivity index (χ4v) is 5.51. The lowest BCUT2D eigenvalue weighted by Crippen LogP contribution is -2.25. The summed E-state index contributed by atoms with van der Waals surface area (Å²) in [5, 5.41) is 0.646. The van der Waals surface area contributed by atoms with Gasteiger partial charge in [-0.25, -0.2) is 4.98 Å². The number of nitrogens with zero attached hydrogens (tertiary/aromatic N) is 2. The Balaban J connectivity index is 1.44. The van der Waals surface area contributed by atoms with E-state index in [4.69, 9.17) is 14.5 Å². The van der Waals surface area contributed by atoms with Gasteiger partial charge in [0, 0.05) is 22.5 Å². The smallest absolute Gasteiger partial charge is 0.259 e. The van der Waals surface area contributed by atoms with Gasteiger partial charge in [-0.1, -0.05) is 36.4 Å². The van der Waals surface area contributed by atoms with Gasteiger partial charge in [0.05, 0.1) is 26.2 Å². The number of ether oxygens (including phenoxy) is 2. The van der Waals surface area contributed by atoms with E-state index in [1.807, 2.05) is 36.4 Å². The van der Waals surface area contributed by atoms with Crippen molar-refractivity contribution in [2.75, 3.05) is 20.8 Å². The van der Waals surface area contributed by atoms with Crippen LogP contribution in [0.4, 0.5) is 0 Å². The third kappa shape index (κ3) is 3.89. The molecule has 0 bridgehead atoms. The molecule has 4 aromatic rings. The minimum absolute atomic E-state index is 0.0822. The molecule has 0 saturated carbocycles. The standard InChI is InChI=1S/C25H25N3O3S/c1-30-17-10-11-18(21(13-17)31-2)20-9-6-12-28(20)15-23-26-24(29)19-14-22(32-25(19)27-23)16-7-4-3-5-8-16/h3-5,7-8,10-11,13-14,20H,6,9,12,15H2,1-2H3,(H,26,27,29)/t20-/m0/s1. The number of hydrogen-bond acceptors (Lipinski definition) is 6. The normalized spacial score (nSPS) is 16.5. The number of H-pyrrole nitrogens is 1. The summed E-state index contributed by atoms with van der Waals surface area (Å²) in [7, 11) is 3.34. The van der Waals surface area contributed by atoms with Gasteiger partial charge in [0.15, 0.2) is 0 Å². The van der Waals surface area contributed by atoms with Crippen LogP contribution in [0.3, 0.4) is 0 Å². The first-order chi connectivity index (χ1) is 15.7. The van der Waals surface area contributed by atoms with E-state index in [-0.39, 0.29) is 11.6 Å². The van der Waals surface area contributed by atoms with E-state index in [1.54, 1.807) is 25.6 Å². The Hall–Kier alpha value is -3.16. The summed E-state index contributed by atoms with van der Waals surface area (Å²) in [6.07, 6.45) is 2.12. The van der Waals surface area contributed by atoms with Crippen LogP contribution in [0.25, 0.3) is 20.7 Å². The second-order valence-corrected chi connectivity index (χ2v) is 8.98. The van der Waals surface area contributed by atoms with Gasteiger partial charge >= 0.3 is 0 Å². The summed E-state index contributed by atoms with van der Waals surface area (Å²) in [5.74, 6) is 2.30. The van der Waals surface area contributed by atoms with Crippen molar-refractivity contribution in [3.63, 3.8) is 0 Å². The quantitative estimate of drug-likeness (QED) is 0.450. The number of aromatic amines is 1. The van der Waals surface area contributed by atoms with Gasteiger partial charge in [-0.05, 0) is 37.1 Å². The molecule has 0 amide bonds. The van der Waals surface area contributed by atoms with Crippen LogP contribution < -0.4 is 15.0 Å². The molecule has 6 nitrogen and oxygen atoms in total. The highest BCUT2D eigenvalue weighted by Crippen LogP contribution is 2.39. The lowest BCUT2D eigenvalue weighted by molar-refractivity contribution is 0.237. The van der Waals surface area contributed by atoms with Gasteiger partial charge < -0.3 is 14.5 Å². The van der Waals surface area contributed by atoms with Crippen LogP contribution in [0.5, 0.6) is 11.5 Å². The van der Waals surface area contributed by atoms with Crippen molar-refractivity contribution in [2.45, 2.75) is 25.4 Å². The van der Waals surface area contributed by atoms with Crippen LogP contribution in [-0.2, 0) is 6.54 Å². The molecule has 1 saturated heterocycles. The van der Waals surface area contributed by atoms with E-state index in [1.165, 1.54) is 0 Å². The number of hydrogen-bond donors (Lipinski definition) is 1. The van der Waals surface area contributed by atoms with Crippen molar-refractivity contribution in [3.05, 3.63) is 76.3 Å². The molecule has 0 radical (unpaired) electrons. The Morgan fingerprint density at radius 3 is 2.75 bits per heavy atom. The average Bonchev–Trinajstić information content (AvgIpc) is 3.46. The van der Waals surface area contributed by atoms with E-state index < -0.39 is 0 Å². The first-order valence-corrected chi connectivity index (χ1v) is 11.5. The number of fused-ring (bicyclic) bond motifs is 1. The van der Waals surface area contributed by atoms with Gasteiger partial charge in [0.1, 0.15) is 22.2 Å². The third-order valence-electron chi connectivity index (χ3n) is 6.03. The minimum Gasteiger partial charge on any atom is -0.497 e. The zero-order valence-electron chi connectivity index (χ0n) is 18.1. The molecular formula is C25H25N3O3S. The molecule has 164 valence electrons. The van der Waals surface area contributed by atoms with Crippen molar-refractivity contribution in [1.82, 2.24) is 14.9 Å². The zero-order chi connectivity index (χ0) is 22.1. The molecule has 1 aliphatic heterocycles. The second-order valence-electron chi connectivity index (χ2n) is 7.94. The summed E-state index contributed by atoms with van der Waals surface area (Å²) in [5.41, 5.74) is 2.15. The summed E-state index contributed by atoms with van der Waals surface area (Å²) in [4.78, 5) is 24.8. The highest BCUT2D eigenvalue weighted by molar-refractivity contribution is 7.21. The zero-order valence-corrected chi connectivity index (χ0v) is 18.9. The Morgan fingerprint density at radius 1 is 1.12 bits per heavy atom. The molecule has 1 atom stereocenters. The van der Waals surface area contributed by atoms with E-state index >= 15 is 0 Å². The van der Waals surface area contributed by atoms with Gasteiger partial charge in [-0.15, -0.1) is 11.3 Å². The van der Waals surface area contributed by atoms with E-state index in [0.29, 0.717) is 17.8 Å². The molecular weight excluding hydrogens is 422 g/mol. The number of likely N-dealkylation sites (tertiary alicyclic amines) is 1. The van der Waals surface area contributed by atoms with E-state index in [9.17, 15) is 4.79 Å². The van der Waals surface area contributed by atoms with Crippen LogP contribution in [0.2, 0.25) is 0 Å². The molecule has 5 rings (SSSR count). The number of benzene rings is 2. The highest BCUT2D eigenvalue weighted by Gasteiger charge is 2.29. The number of rotatable bonds is 6. The summed E-state index contributed by atoms with van der Waals surface area (Å²) in [6, 6.07) is 18.2. The minimum atomic E-state index is -0.0822. The second kappa shape index (κ2) is 8.76. The number of aromatic nitrogens is 2. The molecule has 0 unspecified atom stereocenters. The van der Waals surface area contributed by atoms with Crippen LogP contribution in [0.1, 0.15) is 30.3 Å². The lowest BCUT2D eigenvalue weighted by atomic mass is 10.0. The number of thiophene rings is 1. The molecule has 2 aromatic heterocycles. The topological polar surface area (TPSA) is 67.5 Å². The SMILES string of the molecule is COc1ccc([C@@H]2CCCN2Cc2nc3sc(-c4ccccc4)cc3c(=O)[nH]2)c(OC)c1. The van der Waals surface area contributed by atoms with E-state index in [2.05, 4.69) is 28.1 Å². The monoisotopic (exact) mass is 447 g/mol. The molecule has 1 N–H and O–H groups in total. The first-order valence-electron chi connectivity index (χ1n) is 10.7. The van der Waals surface area contributed by atoms with Crippen molar-refractivity contribution in [2.24, 2.45) is 0 Å². The summed E-state index contributed by atoms with van der Waals surface area (Å²) < 4.78 is 11.0. The van der Waals surface area contributed by atoms with Crippen molar-refractivity contribution >= 4 is 21.6 Å². The summed E-state index contributed by atoms with van der Waals surface area (Å²) >= 11 is 1.56. The van der Waals surface area contributed by atoms with Gasteiger partial charge in [-0.2, -0.15) is 0 Å². The molecule has 1 fully saturated rings. The first kappa shape index (κ1) is 20.7. The maximum Gasteiger partial charge on any atom is 0.259 e. The molecule has 0 spiro atoms. The summed E-state index contributed by atoms with van der Waals surface area (Å²) in [6.45, 7) is 1.53. The Bertz CT molecular complexity index is 1300. The molecule has 1 aliphatic rings. The molecule has 2 aromatic carbocycles. The van der Waals surface area contributed by atoms with E-state index in [0.717, 1.165) is 51.7 Å². The number of methoxy groups -OCH3 is 2. The Kier molecular flexibility index (Phi) is 5.68.